The number of hydrogen-bond donors (Lipinski definition) is 1. The first kappa shape index (κ1) is 19.3. The number of methoxy groups -OCH3 is 1. The Bertz CT molecular complexity index is 976. The molecule has 146 valence electrons. The van der Waals surface area contributed by atoms with E-state index in [4.69, 9.17) is 4.74 Å². The molecule has 0 atom stereocenters. The first-order valence-electron chi connectivity index (χ1n) is 8.16. The molecule has 2 aromatic carbocycles. The summed E-state index contributed by atoms with van der Waals surface area (Å²) >= 11 is 0. The van der Waals surface area contributed by atoms with Crippen LogP contribution in [-0.4, -0.2) is 29.4 Å². The van der Waals surface area contributed by atoms with Gasteiger partial charge in [0.05, 0.1) is 25.5 Å². The monoisotopic (exact) mass is 391 g/mol. The maximum atomic E-state index is 13.7. The zero-order valence-electron chi connectivity index (χ0n) is 14.7. The highest BCUT2D eigenvalue weighted by molar-refractivity contribution is 6.04. The van der Waals surface area contributed by atoms with Crippen molar-refractivity contribution in [1.82, 2.24) is 9.78 Å². The third kappa shape index (κ3) is 4.61. The number of nitrogens with one attached hydrogen (secondary N) is 1. The standard InChI is InChI=1S/C19H16F3N3O3/c1-27-17-8-12(6-7-16(17)28-19(21)22)18(26)24-14-9-23-25(11-14)10-13-4-2-3-5-15(13)20/h2-9,11,19H,10H2,1H3,(H,24,26). The van der Waals surface area contributed by atoms with Crippen LogP contribution in [0.3, 0.4) is 0 Å². The number of hydrogen-bond acceptors (Lipinski definition) is 4. The molecule has 6 nitrogen and oxygen atoms in total. The lowest BCUT2D eigenvalue weighted by Crippen LogP contribution is -2.12. The molecule has 0 unspecified atom stereocenters. The summed E-state index contributed by atoms with van der Waals surface area (Å²) in [4.78, 5) is 12.4. The molecule has 0 radical (unpaired) electrons. The second kappa shape index (κ2) is 8.47. The van der Waals surface area contributed by atoms with E-state index in [9.17, 15) is 18.0 Å². The van der Waals surface area contributed by atoms with Crippen LogP contribution in [0.4, 0.5) is 18.9 Å². The number of rotatable bonds is 7. The van der Waals surface area contributed by atoms with Crippen LogP contribution in [0.25, 0.3) is 0 Å². The normalized spacial score (nSPS) is 10.8. The summed E-state index contributed by atoms with van der Waals surface area (Å²) in [5, 5.41) is 6.72. The van der Waals surface area contributed by atoms with Crippen LogP contribution in [-0.2, 0) is 6.54 Å². The van der Waals surface area contributed by atoms with Crippen LogP contribution in [0.15, 0.2) is 54.9 Å². The van der Waals surface area contributed by atoms with E-state index in [0.717, 1.165) is 0 Å². The van der Waals surface area contributed by atoms with Gasteiger partial charge in [-0.05, 0) is 24.3 Å². The van der Waals surface area contributed by atoms with Gasteiger partial charge in [-0.3, -0.25) is 9.48 Å². The largest absolute Gasteiger partial charge is 0.493 e. The topological polar surface area (TPSA) is 65.4 Å². The quantitative estimate of drug-likeness (QED) is 0.663. The zero-order chi connectivity index (χ0) is 20.1. The summed E-state index contributed by atoms with van der Waals surface area (Å²) in [6.45, 7) is -2.80. The fourth-order valence-corrected chi connectivity index (χ4v) is 2.52. The molecule has 0 bridgehead atoms. The summed E-state index contributed by atoms with van der Waals surface area (Å²) in [7, 11) is 1.28. The predicted molar refractivity (Wildman–Crippen MR) is 95.3 cm³/mol. The number of benzene rings is 2. The lowest BCUT2D eigenvalue weighted by Gasteiger charge is -2.11. The highest BCUT2D eigenvalue weighted by Crippen LogP contribution is 2.29. The van der Waals surface area contributed by atoms with Crippen molar-refractivity contribution in [2.75, 3.05) is 12.4 Å². The molecule has 0 fully saturated rings. The third-order valence-corrected chi connectivity index (χ3v) is 3.82. The zero-order valence-corrected chi connectivity index (χ0v) is 14.7. The van der Waals surface area contributed by atoms with Crippen molar-refractivity contribution in [3.8, 4) is 11.5 Å². The lowest BCUT2D eigenvalue weighted by molar-refractivity contribution is -0.0512. The Kier molecular flexibility index (Phi) is 5.83. The Balaban J connectivity index is 1.70. The molecule has 0 spiro atoms. The molecule has 0 aliphatic carbocycles. The van der Waals surface area contributed by atoms with Gasteiger partial charge in [-0.15, -0.1) is 0 Å². The summed E-state index contributed by atoms with van der Waals surface area (Å²) in [6, 6.07) is 10.2. The third-order valence-electron chi connectivity index (χ3n) is 3.82. The number of carbonyl (C=O) groups is 1. The minimum atomic E-state index is -3.01. The van der Waals surface area contributed by atoms with Crippen LogP contribution >= 0.6 is 0 Å². The van der Waals surface area contributed by atoms with Crippen LogP contribution < -0.4 is 14.8 Å². The van der Waals surface area contributed by atoms with Gasteiger partial charge in [-0.25, -0.2) is 4.39 Å². The van der Waals surface area contributed by atoms with E-state index in [0.29, 0.717) is 11.3 Å². The van der Waals surface area contributed by atoms with E-state index in [-0.39, 0.29) is 29.4 Å². The molecule has 3 aromatic rings. The molecular formula is C19H16F3N3O3. The fraction of sp³-hybridized carbons (Fsp3) is 0.158. The second-order valence-electron chi connectivity index (χ2n) is 5.72. The Morgan fingerprint density at radius 2 is 2.00 bits per heavy atom. The molecular weight excluding hydrogens is 375 g/mol. The van der Waals surface area contributed by atoms with E-state index in [2.05, 4.69) is 15.2 Å². The molecule has 3 rings (SSSR count). The van der Waals surface area contributed by atoms with Gasteiger partial charge < -0.3 is 14.8 Å². The van der Waals surface area contributed by atoms with Crippen molar-refractivity contribution < 1.29 is 27.4 Å². The SMILES string of the molecule is COc1cc(C(=O)Nc2cnn(Cc3ccccc3F)c2)ccc1OC(F)F. The van der Waals surface area contributed by atoms with Gasteiger partial charge >= 0.3 is 6.61 Å². The van der Waals surface area contributed by atoms with E-state index in [1.54, 1.807) is 24.4 Å². The molecule has 1 heterocycles. The summed E-state index contributed by atoms with van der Waals surface area (Å²) in [5.74, 6) is -1.01. The Morgan fingerprint density at radius 1 is 1.21 bits per heavy atom. The smallest absolute Gasteiger partial charge is 0.387 e. The van der Waals surface area contributed by atoms with Crippen LogP contribution in [0.1, 0.15) is 15.9 Å². The molecule has 28 heavy (non-hydrogen) atoms. The van der Waals surface area contributed by atoms with Gasteiger partial charge in [-0.1, -0.05) is 18.2 Å². The average Bonchev–Trinajstić information content (AvgIpc) is 3.10. The minimum absolute atomic E-state index is 0.00296. The average molecular weight is 391 g/mol. The summed E-state index contributed by atoms with van der Waals surface area (Å²) < 4.78 is 49.3. The molecule has 1 aromatic heterocycles. The molecule has 0 saturated carbocycles. The predicted octanol–water partition coefficient (Wildman–Crippen LogP) is 3.93. The highest BCUT2D eigenvalue weighted by atomic mass is 19.3. The van der Waals surface area contributed by atoms with Crippen LogP contribution in [0, 0.1) is 5.82 Å². The maximum Gasteiger partial charge on any atom is 0.387 e. The number of halogens is 3. The maximum absolute atomic E-state index is 13.7. The van der Waals surface area contributed by atoms with Gasteiger partial charge in [0.2, 0.25) is 0 Å². The van der Waals surface area contributed by atoms with Gasteiger partial charge in [0, 0.05) is 17.3 Å². The Hall–Kier alpha value is -3.49. The Morgan fingerprint density at radius 3 is 2.71 bits per heavy atom. The van der Waals surface area contributed by atoms with Gasteiger partial charge in [0.15, 0.2) is 11.5 Å². The van der Waals surface area contributed by atoms with Gasteiger partial charge in [0.1, 0.15) is 5.82 Å². The molecule has 0 saturated heterocycles. The number of carbonyl (C=O) groups excluding carboxylic acids is 1. The van der Waals surface area contributed by atoms with E-state index >= 15 is 0 Å². The van der Waals surface area contributed by atoms with Crippen molar-refractivity contribution in [2.24, 2.45) is 0 Å². The van der Waals surface area contributed by atoms with Crippen molar-refractivity contribution >= 4 is 11.6 Å². The number of ether oxygens (including phenoxy) is 2. The first-order valence-corrected chi connectivity index (χ1v) is 8.16. The van der Waals surface area contributed by atoms with Crippen LogP contribution in [0.5, 0.6) is 11.5 Å². The highest BCUT2D eigenvalue weighted by Gasteiger charge is 2.15. The molecule has 9 heteroatoms. The summed E-state index contributed by atoms with van der Waals surface area (Å²) in [6.07, 6.45) is 2.97. The lowest BCUT2D eigenvalue weighted by atomic mass is 10.2. The van der Waals surface area contributed by atoms with E-state index in [1.807, 2.05) is 0 Å². The number of anilines is 1. The number of nitrogens with zero attached hydrogens (tertiary/aromatic N) is 2. The van der Waals surface area contributed by atoms with Gasteiger partial charge in [-0.2, -0.15) is 13.9 Å². The Labute approximate surface area is 158 Å². The second-order valence-corrected chi connectivity index (χ2v) is 5.72. The van der Waals surface area contributed by atoms with Crippen molar-refractivity contribution in [3.05, 3.63) is 71.8 Å². The number of aromatic nitrogens is 2. The van der Waals surface area contributed by atoms with Gasteiger partial charge in [0.25, 0.3) is 5.91 Å². The van der Waals surface area contributed by atoms with Crippen molar-refractivity contribution in [1.29, 1.82) is 0 Å². The fourth-order valence-electron chi connectivity index (χ4n) is 2.52. The summed E-state index contributed by atoms with van der Waals surface area (Å²) in [5.41, 5.74) is 1.04. The minimum Gasteiger partial charge on any atom is -0.493 e. The molecule has 1 N–H and O–H groups in total. The van der Waals surface area contributed by atoms with Crippen molar-refractivity contribution in [2.45, 2.75) is 13.2 Å². The van der Waals surface area contributed by atoms with Crippen molar-refractivity contribution in [3.63, 3.8) is 0 Å². The molecule has 0 aliphatic rings. The first-order chi connectivity index (χ1) is 13.5. The van der Waals surface area contributed by atoms with Crippen LogP contribution in [0.2, 0.25) is 0 Å². The van der Waals surface area contributed by atoms with E-state index < -0.39 is 12.5 Å². The molecule has 1 amide bonds. The van der Waals surface area contributed by atoms with E-state index in [1.165, 1.54) is 42.3 Å². The molecule has 0 aliphatic heterocycles. The number of alkyl halides is 2. The number of amides is 1.